The smallest absolute Gasteiger partial charge is 0.170 e. The van der Waals surface area contributed by atoms with Crippen molar-refractivity contribution in [1.29, 1.82) is 0 Å². The molecule has 60 valence electrons. The number of fused-ring (bicyclic) bond motifs is 1. The van der Waals surface area contributed by atoms with Crippen LogP contribution in [-0.4, -0.2) is 15.8 Å². The quantitative estimate of drug-likeness (QED) is 0.575. The number of Topliss-reactive ketones (excluding diaryl/α,β-unsaturated/α-hetero) is 1. The van der Waals surface area contributed by atoms with Crippen LogP contribution in [0, 0.1) is 6.92 Å². The fourth-order valence-corrected chi connectivity index (χ4v) is 1.22. The van der Waals surface area contributed by atoms with Gasteiger partial charge in [-0.1, -0.05) is 6.08 Å². The molecule has 0 saturated heterocycles. The predicted octanol–water partition coefficient (Wildman–Crippen LogP) is 1.38. The Bertz CT molecular complexity index is 369. The van der Waals surface area contributed by atoms with Crippen molar-refractivity contribution in [3.63, 3.8) is 0 Å². The van der Waals surface area contributed by atoms with Crippen LogP contribution in [0.2, 0.25) is 0 Å². The van der Waals surface area contributed by atoms with E-state index in [9.17, 15) is 4.79 Å². The topological polar surface area (TPSA) is 42.9 Å². The third-order valence-electron chi connectivity index (χ3n) is 1.82. The van der Waals surface area contributed by atoms with Gasteiger partial charge in [-0.05, 0) is 13.0 Å². The van der Waals surface area contributed by atoms with Crippen molar-refractivity contribution in [3.05, 3.63) is 29.4 Å². The number of hydrogen-bond donors (Lipinski definition) is 0. The molecule has 1 aromatic heterocycles. The summed E-state index contributed by atoms with van der Waals surface area (Å²) < 4.78 is 0. The van der Waals surface area contributed by atoms with Gasteiger partial charge in [-0.3, -0.25) is 4.79 Å². The molecule has 0 aromatic carbocycles. The first-order valence-corrected chi connectivity index (χ1v) is 3.81. The van der Waals surface area contributed by atoms with Gasteiger partial charge in [-0.2, -0.15) is 0 Å². The molecule has 0 spiro atoms. The zero-order chi connectivity index (χ0) is 8.55. The summed E-state index contributed by atoms with van der Waals surface area (Å²) in [6, 6.07) is 0. The summed E-state index contributed by atoms with van der Waals surface area (Å²) in [5, 5.41) is 0. The first-order valence-electron chi connectivity index (χ1n) is 3.81. The van der Waals surface area contributed by atoms with E-state index in [4.69, 9.17) is 0 Å². The second-order valence-electron chi connectivity index (χ2n) is 2.75. The second kappa shape index (κ2) is 2.52. The molecule has 0 bridgehead atoms. The maximum atomic E-state index is 11.3. The van der Waals surface area contributed by atoms with Crippen LogP contribution in [0.5, 0.6) is 0 Å². The Morgan fingerprint density at radius 2 is 2.33 bits per heavy atom. The zero-order valence-corrected chi connectivity index (χ0v) is 6.74. The van der Waals surface area contributed by atoms with Gasteiger partial charge in [0, 0.05) is 12.6 Å². The van der Waals surface area contributed by atoms with Crippen LogP contribution >= 0.6 is 0 Å². The molecule has 3 heteroatoms. The van der Waals surface area contributed by atoms with Gasteiger partial charge in [-0.15, -0.1) is 0 Å². The zero-order valence-electron chi connectivity index (χ0n) is 6.74. The molecule has 1 aliphatic carbocycles. The van der Waals surface area contributed by atoms with Crippen LogP contribution in [0.3, 0.4) is 0 Å². The van der Waals surface area contributed by atoms with Crippen molar-refractivity contribution in [2.24, 2.45) is 0 Å². The van der Waals surface area contributed by atoms with E-state index in [2.05, 4.69) is 9.97 Å². The Hall–Kier alpha value is -1.51. The molecular weight excluding hydrogens is 152 g/mol. The van der Waals surface area contributed by atoms with Crippen molar-refractivity contribution in [2.75, 3.05) is 0 Å². The Kier molecular flexibility index (Phi) is 1.50. The summed E-state index contributed by atoms with van der Waals surface area (Å²) in [4.78, 5) is 19.4. The van der Waals surface area contributed by atoms with Gasteiger partial charge in [0.05, 0.1) is 11.3 Å². The first kappa shape index (κ1) is 7.16. The number of rotatable bonds is 0. The van der Waals surface area contributed by atoms with Crippen molar-refractivity contribution < 1.29 is 4.79 Å². The highest BCUT2D eigenvalue weighted by molar-refractivity contribution is 6.01. The molecule has 0 unspecified atom stereocenters. The van der Waals surface area contributed by atoms with Crippen LogP contribution in [0.15, 0.2) is 12.3 Å². The van der Waals surface area contributed by atoms with Gasteiger partial charge in [0.25, 0.3) is 0 Å². The van der Waals surface area contributed by atoms with E-state index in [1.54, 1.807) is 6.20 Å². The van der Waals surface area contributed by atoms with E-state index >= 15 is 0 Å². The van der Waals surface area contributed by atoms with E-state index in [-0.39, 0.29) is 5.78 Å². The molecule has 12 heavy (non-hydrogen) atoms. The highest BCUT2D eigenvalue weighted by Gasteiger charge is 2.13. The summed E-state index contributed by atoms with van der Waals surface area (Å²) in [5.74, 6) is 0.806. The molecule has 1 aromatic rings. The normalized spacial score (nSPS) is 14.6. The highest BCUT2D eigenvalue weighted by Crippen LogP contribution is 2.15. The fourth-order valence-electron chi connectivity index (χ4n) is 1.22. The lowest BCUT2D eigenvalue weighted by Crippen LogP contribution is -2.07. The summed E-state index contributed by atoms with van der Waals surface area (Å²) >= 11 is 0. The van der Waals surface area contributed by atoms with Crippen LogP contribution in [0.1, 0.15) is 28.3 Å². The summed E-state index contributed by atoms with van der Waals surface area (Å²) in [7, 11) is 0. The largest absolute Gasteiger partial charge is 0.294 e. The molecule has 2 rings (SSSR count). The molecule has 0 amide bonds. The minimum Gasteiger partial charge on any atom is -0.294 e. The van der Waals surface area contributed by atoms with Gasteiger partial charge in [0.1, 0.15) is 5.82 Å². The third-order valence-corrected chi connectivity index (χ3v) is 1.82. The van der Waals surface area contributed by atoms with Crippen molar-refractivity contribution in [2.45, 2.75) is 13.3 Å². The standard InChI is InChI=1S/C9H8N2O/c1-6-10-5-7-8(11-6)3-2-4-9(7)12/h2-3,5H,4H2,1H3. The number of aryl methyl sites for hydroxylation is 1. The van der Waals surface area contributed by atoms with Crippen molar-refractivity contribution >= 4 is 11.9 Å². The van der Waals surface area contributed by atoms with E-state index in [1.807, 2.05) is 19.1 Å². The molecule has 0 aliphatic heterocycles. The maximum Gasteiger partial charge on any atom is 0.170 e. The number of hydrogen-bond acceptors (Lipinski definition) is 3. The second-order valence-corrected chi connectivity index (χ2v) is 2.75. The van der Waals surface area contributed by atoms with E-state index in [0.29, 0.717) is 17.8 Å². The van der Waals surface area contributed by atoms with Crippen LogP contribution in [-0.2, 0) is 0 Å². The molecule has 0 fully saturated rings. The molecule has 1 heterocycles. The summed E-state index contributed by atoms with van der Waals surface area (Å²) in [6.07, 6.45) is 5.77. The molecule has 0 radical (unpaired) electrons. The molecule has 0 saturated carbocycles. The van der Waals surface area contributed by atoms with E-state index in [0.717, 1.165) is 5.69 Å². The van der Waals surface area contributed by atoms with E-state index < -0.39 is 0 Å². The first-order chi connectivity index (χ1) is 5.77. The van der Waals surface area contributed by atoms with E-state index in [1.165, 1.54) is 0 Å². The number of allylic oxidation sites excluding steroid dienone is 1. The molecule has 3 nitrogen and oxygen atoms in total. The number of carbonyl (C=O) groups is 1. The molecule has 1 aliphatic rings. The van der Waals surface area contributed by atoms with Gasteiger partial charge < -0.3 is 0 Å². The lowest BCUT2D eigenvalue weighted by Gasteiger charge is -2.07. The monoisotopic (exact) mass is 160 g/mol. The highest BCUT2D eigenvalue weighted by atomic mass is 16.1. The summed E-state index contributed by atoms with van der Waals surface area (Å²) in [6.45, 7) is 1.81. The molecular formula is C9H8N2O. The number of aromatic nitrogens is 2. The number of carbonyl (C=O) groups excluding carboxylic acids is 1. The fraction of sp³-hybridized carbons (Fsp3) is 0.222. The Labute approximate surface area is 70.2 Å². The average Bonchev–Trinajstić information content (AvgIpc) is 2.04. The maximum absolute atomic E-state index is 11.3. The molecule has 0 atom stereocenters. The summed E-state index contributed by atoms with van der Waals surface area (Å²) in [5.41, 5.74) is 1.39. The van der Waals surface area contributed by atoms with Crippen molar-refractivity contribution in [1.82, 2.24) is 9.97 Å². The average molecular weight is 160 g/mol. The lowest BCUT2D eigenvalue weighted by molar-refractivity contribution is 0.0993. The van der Waals surface area contributed by atoms with Gasteiger partial charge in [-0.25, -0.2) is 9.97 Å². The molecule has 0 N–H and O–H groups in total. The minimum atomic E-state index is 0.104. The number of ketones is 1. The number of nitrogens with zero attached hydrogens (tertiary/aromatic N) is 2. The van der Waals surface area contributed by atoms with Gasteiger partial charge in [0.15, 0.2) is 5.78 Å². The third kappa shape index (κ3) is 1.03. The Balaban J connectivity index is 2.62. The van der Waals surface area contributed by atoms with Crippen LogP contribution in [0.25, 0.3) is 6.08 Å². The van der Waals surface area contributed by atoms with Crippen molar-refractivity contribution in [3.8, 4) is 0 Å². The van der Waals surface area contributed by atoms with Crippen LogP contribution < -0.4 is 0 Å². The minimum absolute atomic E-state index is 0.104. The Morgan fingerprint density at radius 1 is 1.50 bits per heavy atom. The Morgan fingerprint density at radius 3 is 3.17 bits per heavy atom. The predicted molar refractivity (Wildman–Crippen MR) is 44.8 cm³/mol. The van der Waals surface area contributed by atoms with Gasteiger partial charge >= 0.3 is 0 Å². The SMILES string of the molecule is Cc1ncc2c(n1)C=CCC2=O. The lowest BCUT2D eigenvalue weighted by atomic mass is 10.0. The van der Waals surface area contributed by atoms with Gasteiger partial charge in [0.2, 0.25) is 0 Å². The van der Waals surface area contributed by atoms with Crippen LogP contribution in [0.4, 0.5) is 0 Å².